The van der Waals surface area contributed by atoms with E-state index in [4.69, 9.17) is 9.84 Å². The standard InChI is InChI=1S/C15H22O4/c1-14(2,3)10-7-9(19-13(17)18)8-11(12(10)16)15(4,5)6/h7-8,16H,1-6H3,(H,17,18). The van der Waals surface area contributed by atoms with Gasteiger partial charge in [0.25, 0.3) is 0 Å². The van der Waals surface area contributed by atoms with E-state index in [1.807, 2.05) is 41.5 Å². The molecule has 2 N–H and O–H groups in total. The van der Waals surface area contributed by atoms with Crippen LogP contribution in [0, 0.1) is 0 Å². The van der Waals surface area contributed by atoms with Crippen LogP contribution in [0.1, 0.15) is 52.7 Å². The fourth-order valence-corrected chi connectivity index (χ4v) is 1.91. The Kier molecular flexibility index (Phi) is 3.84. The zero-order valence-electron chi connectivity index (χ0n) is 12.4. The molecule has 4 heteroatoms. The fourth-order valence-electron chi connectivity index (χ4n) is 1.91. The molecule has 0 heterocycles. The Morgan fingerprint density at radius 3 is 1.63 bits per heavy atom. The third-order valence-corrected chi connectivity index (χ3v) is 2.90. The fraction of sp³-hybridized carbons (Fsp3) is 0.533. The zero-order valence-corrected chi connectivity index (χ0v) is 12.4. The minimum atomic E-state index is -1.36. The summed E-state index contributed by atoms with van der Waals surface area (Å²) in [7, 11) is 0. The van der Waals surface area contributed by atoms with E-state index >= 15 is 0 Å². The van der Waals surface area contributed by atoms with Crippen molar-refractivity contribution in [2.45, 2.75) is 52.4 Å². The quantitative estimate of drug-likeness (QED) is 0.594. The van der Waals surface area contributed by atoms with Crippen LogP contribution in [0.3, 0.4) is 0 Å². The van der Waals surface area contributed by atoms with E-state index in [2.05, 4.69) is 0 Å². The van der Waals surface area contributed by atoms with Crippen molar-refractivity contribution in [1.82, 2.24) is 0 Å². The molecule has 1 rings (SSSR count). The monoisotopic (exact) mass is 266 g/mol. The second-order valence-electron chi connectivity index (χ2n) is 6.73. The van der Waals surface area contributed by atoms with Crippen LogP contribution >= 0.6 is 0 Å². The van der Waals surface area contributed by atoms with Crippen LogP contribution in [0.5, 0.6) is 11.5 Å². The van der Waals surface area contributed by atoms with E-state index < -0.39 is 6.16 Å². The van der Waals surface area contributed by atoms with Gasteiger partial charge in [-0.15, -0.1) is 0 Å². The molecule has 0 fully saturated rings. The largest absolute Gasteiger partial charge is 0.511 e. The van der Waals surface area contributed by atoms with Gasteiger partial charge in [0.05, 0.1) is 0 Å². The molecule has 4 nitrogen and oxygen atoms in total. The predicted octanol–water partition coefficient (Wildman–Crippen LogP) is 4.04. The van der Waals surface area contributed by atoms with Gasteiger partial charge in [0.15, 0.2) is 0 Å². The molecule has 0 saturated carbocycles. The van der Waals surface area contributed by atoms with Gasteiger partial charge in [0, 0.05) is 11.1 Å². The Labute approximate surface area is 114 Å². The summed E-state index contributed by atoms with van der Waals surface area (Å²) in [6.07, 6.45) is -1.36. The zero-order chi connectivity index (χ0) is 15.0. The summed E-state index contributed by atoms with van der Waals surface area (Å²) in [5.41, 5.74) is 0.747. The first-order valence-electron chi connectivity index (χ1n) is 6.21. The van der Waals surface area contributed by atoms with Crippen LogP contribution < -0.4 is 4.74 Å². The summed E-state index contributed by atoms with van der Waals surface area (Å²) in [5, 5.41) is 19.2. The van der Waals surface area contributed by atoms with Gasteiger partial charge in [-0.2, -0.15) is 0 Å². The van der Waals surface area contributed by atoms with Crippen molar-refractivity contribution >= 4 is 6.16 Å². The van der Waals surface area contributed by atoms with E-state index in [0.29, 0.717) is 11.1 Å². The normalized spacial score (nSPS) is 12.3. The van der Waals surface area contributed by atoms with Crippen LogP contribution in [0.25, 0.3) is 0 Å². The van der Waals surface area contributed by atoms with E-state index in [9.17, 15) is 9.90 Å². The third-order valence-electron chi connectivity index (χ3n) is 2.90. The van der Waals surface area contributed by atoms with Gasteiger partial charge in [-0.25, -0.2) is 4.79 Å². The first-order valence-corrected chi connectivity index (χ1v) is 6.21. The van der Waals surface area contributed by atoms with E-state index in [1.54, 1.807) is 12.1 Å². The Hall–Kier alpha value is -1.71. The van der Waals surface area contributed by atoms with Crippen molar-refractivity contribution in [2.24, 2.45) is 0 Å². The minimum Gasteiger partial charge on any atom is -0.507 e. The Morgan fingerprint density at radius 2 is 1.37 bits per heavy atom. The van der Waals surface area contributed by atoms with Gasteiger partial charge < -0.3 is 14.9 Å². The number of carbonyl (C=O) groups is 1. The van der Waals surface area contributed by atoms with Gasteiger partial charge in [0.1, 0.15) is 11.5 Å². The minimum absolute atomic E-state index is 0.206. The van der Waals surface area contributed by atoms with E-state index in [0.717, 1.165) is 0 Å². The summed E-state index contributed by atoms with van der Waals surface area (Å²) in [5.74, 6) is 0.442. The van der Waals surface area contributed by atoms with E-state index in [1.165, 1.54) is 0 Å². The summed E-state index contributed by atoms with van der Waals surface area (Å²) < 4.78 is 4.75. The van der Waals surface area contributed by atoms with Gasteiger partial charge in [-0.05, 0) is 23.0 Å². The molecule has 1 aromatic carbocycles. The lowest BCUT2D eigenvalue weighted by Crippen LogP contribution is -2.18. The van der Waals surface area contributed by atoms with Crippen LogP contribution in [0.2, 0.25) is 0 Å². The van der Waals surface area contributed by atoms with Crippen LogP contribution in [-0.2, 0) is 10.8 Å². The molecule has 0 atom stereocenters. The molecule has 19 heavy (non-hydrogen) atoms. The van der Waals surface area contributed by atoms with Crippen molar-refractivity contribution in [1.29, 1.82) is 0 Å². The number of hydrogen-bond acceptors (Lipinski definition) is 3. The number of carboxylic acid groups (broad SMARTS) is 1. The molecule has 0 amide bonds. The third kappa shape index (κ3) is 3.63. The number of phenols is 1. The molecule has 0 saturated heterocycles. The Bertz CT molecular complexity index is 455. The highest BCUT2D eigenvalue weighted by Gasteiger charge is 2.27. The first kappa shape index (κ1) is 15.3. The van der Waals surface area contributed by atoms with Crippen molar-refractivity contribution in [3.8, 4) is 11.5 Å². The molecule has 0 aromatic heterocycles. The molecule has 0 spiro atoms. The maximum atomic E-state index is 10.7. The molecule has 106 valence electrons. The maximum absolute atomic E-state index is 10.7. The lowest BCUT2D eigenvalue weighted by molar-refractivity contribution is 0.144. The molecule has 0 bridgehead atoms. The average molecular weight is 266 g/mol. The molecular weight excluding hydrogens is 244 g/mol. The summed E-state index contributed by atoms with van der Waals surface area (Å²) in [4.78, 5) is 10.7. The summed E-state index contributed by atoms with van der Waals surface area (Å²) >= 11 is 0. The SMILES string of the molecule is CC(C)(C)c1cc(OC(=O)O)cc(C(C)(C)C)c1O. The van der Waals surface area contributed by atoms with Gasteiger partial charge in [-0.3, -0.25) is 0 Å². The van der Waals surface area contributed by atoms with Crippen molar-refractivity contribution < 1.29 is 19.7 Å². The van der Waals surface area contributed by atoms with Crippen molar-refractivity contribution in [3.05, 3.63) is 23.3 Å². The number of ether oxygens (including phenoxy) is 1. The van der Waals surface area contributed by atoms with Gasteiger partial charge in [-0.1, -0.05) is 41.5 Å². The molecule has 1 aromatic rings. The van der Waals surface area contributed by atoms with Crippen LogP contribution in [0.4, 0.5) is 4.79 Å². The van der Waals surface area contributed by atoms with Crippen molar-refractivity contribution in [3.63, 3.8) is 0 Å². The number of phenolic OH excluding ortho intramolecular Hbond substituents is 1. The summed E-state index contributed by atoms with van der Waals surface area (Å²) in [6, 6.07) is 3.16. The average Bonchev–Trinajstić information content (AvgIpc) is 2.16. The molecule has 0 aliphatic carbocycles. The van der Waals surface area contributed by atoms with Gasteiger partial charge in [0.2, 0.25) is 0 Å². The van der Waals surface area contributed by atoms with Crippen LogP contribution in [-0.4, -0.2) is 16.4 Å². The topological polar surface area (TPSA) is 66.8 Å². The molecule has 0 aliphatic heterocycles. The number of rotatable bonds is 1. The molecule has 0 radical (unpaired) electrons. The highest BCUT2D eigenvalue weighted by Crippen LogP contribution is 2.41. The predicted molar refractivity (Wildman–Crippen MR) is 74.2 cm³/mol. The Morgan fingerprint density at radius 1 is 1.00 bits per heavy atom. The second-order valence-corrected chi connectivity index (χ2v) is 6.73. The highest BCUT2D eigenvalue weighted by atomic mass is 16.7. The first-order chi connectivity index (χ1) is 8.43. The van der Waals surface area contributed by atoms with Gasteiger partial charge >= 0.3 is 6.16 Å². The van der Waals surface area contributed by atoms with Crippen molar-refractivity contribution in [2.75, 3.05) is 0 Å². The lowest BCUT2D eigenvalue weighted by atomic mass is 9.79. The molecule has 0 unspecified atom stereocenters. The number of hydrogen-bond donors (Lipinski definition) is 2. The Balaban J connectivity index is 3.52. The number of benzene rings is 1. The molecule has 0 aliphatic rings. The second kappa shape index (κ2) is 4.76. The molecular formula is C15H22O4. The maximum Gasteiger partial charge on any atom is 0.511 e. The summed E-state index contributed by atoms with van der Waals surface area (Å²) in [6.45, 7) is 11.7. The smallest absolute Gasteiger partial charge is 0.507 e. The number of aromatic hydroxyl groups is 1. The lowest BCUT2D eigenvalue weighted by Gasteiger charge is -2.27. The van der Waals surface area contributed by atoms with E-state index in [-0.39, 0.29) is 22.3 Å². The highest BCUT2D eigenvalue weighted by molar-refractivity contribution is 5.63. The van der Waals surface area contributed by atoms with Crippen LogP contribution in [0.15, 0.2) is 12.1 Å².